The predicted molar refractivity (Wildman–Crippen MR) is 131 cm³/mol. The Balaban J connectivity index is 1.38. The first-order valence-electron chi connectivity index (χ1n) is 10.9. The van der Waals surface area contributed by atoms with Crippen LogP contribution in [0, 0.1) is 0 Å². The normalized spacial score (nSPS) is 10.9. The van der Waals surface area contributed by atoms with Crippen LogP contribution in [-0.4, -0.2) is 10.9 Å². The minimum Gasteiger partial charge on any atom is -0.455 e. The lowest BCUT2D eigenvalue weighted by Crippen LogP contribution is -2.13. The molecule has 0 saturated heterocycles. The molecular formula is C27H25ClN2O3. The Labute approximate surface area is 198 Å². The number of aromatic nitrogens is 1. The molecule has 1 aromatic heterocycles. The number of oxazole rings is 1. The molecule has 0 fully saturated rings. The van der Waals surface area contributed by atoms with Crippen LogP contribution in [0.1, 0.15) is 37.6 Å². The summed E-state index contributed by atoms with van der Waals surface area (Å²) >= 11 is 6.13. The van der Waals surface area contributed by atoms with Crippen molar-refractivity contribution in [3.63, 3.8) is 0 Å². The fourth-order valence-corrected chi connectivity index (χ4v) is 3.50. The van der Waals surface area contributed by atoms with Crippen molar-refractivity contribution in [1.82, 2.24) is 4.98 Å². The van der Waals surface area contributed by atoms with Crippen LogP contribution in [0.5, 0.6) is 11.5 Å². The van der Waals surface area contributed by atoms with Gasteiger partial charge in [0.2, 0.25) is 5.91 Å². The number of para-hydroxylation sites is 1. The minimum atomic E-state index is -0.184. The molecular weight excluding hydrogens is 436 g/mol. The molecule has 4 aromatic rings. The maximum atomic E-state index is 12.6. The van der Waals surface area contributed by atoms with Crippen LogP contribution in [0.3, 0.4) is 0 Å². The van der Waals surface area contributed by atoms with E-state index in [1.54, 1.807) is 24.4 Å². The quantitative estimate of drug-likeness (QED) is 0.296. The third-order valence-electron chi connectivity index (χ3n) is 5.17. The molecule has 5 nitrogen and oxygen atoms in total. The van der Waals surface area contributed by atoms with Crippen molar-refractivity contribution in [2.45, 2.75) is 32.6 Å². The molecule has 3 aromatic carbocycles. The fraction of sp³-hybridized carbons (Fsp3) is 0.185. The lowest BCUT2D eigenvalue weighted by atomic mass is 10.0. The number of carbonyl (C=O) groups excluding carboxylic acids is 1. The van der Waals surface area contributed by atoms with E-state index in [1.165, 1.54) is 5.56 Å². The van der Waals surface area contributed by atoms with Crippen molar-refractivity contribution in [2.24, 2.45) is 0 Å². The molecule has 0 saturated carbocycles. The molecule has 0 aliphatic rings. The van der Waals surface area contributed by atoms with Crippen molar-refractivity contribution in [2.75, 3.05) is 5.32 Å². The summed E-state index contributed by atoms with van der Waals surface area (Å²) in [5, 5.41) is 3.39. The molecule has 1 amide bonds. The molecule has 4 rings (SSSR count). The molecule has 168 valence electrons. The molecule has 0 unspecified atom stereocenters. The van der Waals surface area contributed by atoms with Gasteiger partial charge in [0.15, 0.2) is 17.4 Å². The number of anilines is 1. The van der Waals surface area contributed by atoms with Crippen LogP contribution in [0.25, 0.3) is 11.3 Å². The van der Waals surface area contributed by atoms with E-state index in [1.807, 2.05) is 42.5 Å². The van der Waals surface area contributed by atoms with Gasteiger partial charge in [-0.1, -0.05) is 67.9 Å². The van der Waals surface area contributed by atoms with Gasteiger partial charge in [0.25, 0.3) is 0 Å². The Bertz CT molecular complexity index is 1220. The standard InChI is InChI=1S/C27H25ClN2O3/c1-18(2)19-8-10-20(11-9-19)25-17-29-27(33-25)15-14-26(31)30-23-16-21(28)12-13-24(23)32-22-6-4-3-5-7-22/h3-13,16-18H,14-15H2,1-2H3,(H,30,31). The maximum Gasteiger partial charge on any atom is 0.224 e. The van der Waals surface area contributed by atoms with Gasteiger partial charge in [-0.05, 0) is 41.8 Å². The topological polar surface area (TPSA) is 64.4 Å². The number of hydrogen-bond acceptors (Lipinski definition) is 4. The number of benzene rings is 3. The number of halogens is 1. The second-order valence-electron chi connectivity index (χ2n) is 8.00. The van der Waals surface area contributed by atoms with E-state index in [0.717, 1.165) is 5.56 Å². The first-order chi connectivity index (χ1) is 16.0. The van der Waals surface area contributed by atoms with Crippen LogP contribution < -0.4 is 10.1 Å². The molecule has 0 atom stereocenters. The van der Waals surface area contributed by atoms with Gasteiger partial charge in [-0.2, -0.15) is 0 Å². The number of hydrogen-bond donors (Lipinski definition) is 1. The fourth-order valence-electron chi connectivity index (χ4n) is 3.33. The average molecular weight is 461 g/mol. The van der Waals surface area contributed by atoms with Gasteiger partial charge in [0, 0.05) is 23.4 Å². The average Bonchev–Trinajstić information content (AvgIpc) is 3.29. The zero-order valence-corrected chi connectivity index (χ0v) is 19.3. The molecule has 1 heterocycles. The molecule has 0 spiro atoms. The van der Waals surface area contributed by atoms with Crippen LogP contribution in [0.15, 0.2) is 83.4 Å². The van der Waals surface area contributed by atoms with Gasteiger partial charge in [0.05, 0.1) is 11.9 Å². The van der Waals surface area contributed by atoms with E-state index in [2.05, 4.69) is 36.3 Å². The monoisotopic (exact) mass is 460 g/mol. The van der Waals surface area contributed by atoms with Crippen LogP contribution in [0.4, 0.5) is 5.69 Å². The van der Waals surface area contributed by atoms with E-state index < -0.39 is 0 Å². The number of aryl methyl sites for hydroxylation is 1. The molecule has 0 aliphatic heterocycles. The summed E-state index contributed by atoms with van der Waals surface area (Å²) in [6, 6.07) is 22.7. The summed E-state index contributed by atoms with van der Waals surface area (Å²) in [6.07, 6.45) is 2.29. The van der Waals surface area contributed by atoms with Crippen LogP contribution >= 0.6 is 11.6 Å². The Morgan fingerprint density at radius 2 is 1.82 bits per heavy atom. The maximum absolute atomic E-state index is 12.6. The van der Waals surface area contributed by atoms with Gasteiger partial charge < -0.3 is 14.5 Å². The number of rotatable bonds is 8. The number of ether oxygens (including phenoxy) is 1. The highest BCUT2D eigenvalue weighted by atomic mass is 35.5. The highest BCUT2D eigenvalue weighted by molar-refractivity contribution is 6.31. The first-order valence-corrected chi connectivity index (χ1v) is 11.2. The van der Waals surface area contributed by atoms with Gasteiger partial charge in [0.1, 0.15) is 5.75 Å². The summed E-state index contributed by atoms with van der Waals surface area (Å²) < 4.78 is 11.8. The molecule has 1 N–H and O–H groups in total. The van der Waals surface area contributed by atoms with E-state index in [-0.39, 0.29) is 12.3 Å². The summed E-state index contributed by atoms with van der Waals surface area (Å²) in [7, 11) is 0. The minimum absolute atomic E-state index is 0.184. The second kappa shape index (κ2) is 10.4. The molecule has 0 bridgehead atoms. The molecule has 6 heteroatoms. The van der Waals surface area contributed by atoms with Gasteiger partial charge in [-0.25, -0.2) is 4.98 Å². The van der Waals surface area contributed by atoms with E-state index in [4.69, 9.17) is 20.8 Å². The van der Waals surface area contributed by atoms with Crippen molar-refractivity contribution in [3.8, 4) is 22.8 Å². The summed E-state index contributed by atoms with van der Waals surface area (Å²) in [5.41, 5.74) is 2.74. The lowest BCUT2D eigenvalue weighted by Gasteiger charge is -2.12. The SMILES string of the molecule is CC(C)c1ccc(-c2cnc(CCC(=O)Nc3cc(Cl)ccc3Oc3ccccc3)o2)cc1. The first kappa shape index (κ1) is 22.6. The van der Waals surface area contributed by atoms with E-state index in [9.17, 15) is 4.79 Å². The van der Waals surface area contributed by atoms with Crippen molar-refractivity contribution in [1.29, 1.82) is 0 Å². The van der Waals surface area contributed by atoms with E-state index in [0.29, 0.717) is 46.2 Å². The van der Waals surface area contributed by atoms with E-state index >= 15 is 0 Å². The Hall–Kier alpha value is -3.57. The van der Waals surface area contributed by atoms with Crippen molar-refractivity contribution >= 4 is 23.2 Å². The Kier molecular flexibility index (Phi) is 7.10. The summed E-state index contributed by atoms with van der Waals surface area (Å²) in [5.74, 6) is 2.68. The lowest BCUT2D eigenvalue weighted by molar-refractivity contribution is -0.116. The third kappa shape index (κ3) is 6.02. The summed E-state index contributed by atoms with van der Waals surface area (Å²) in [4.78, 5) is 16.9. The van der Waals surface area contributed by atoms with Gasteiger partial charge in [-0.15, -0.1) is 0 Å². The Morgan fingerprint density at radius 3 is 2.55 bits per heavy atom. The number of nitrogens with zero attached hydrogens (tertiary/aromatic N) is 1. The largest absolute Gasteiger partial charge is 0.455 e. The predicted octanol–water partition coefficient (Wildman–Crippen LogP) is 7.48. The highest BCUT2D eigenvalue weighted by Gasteiger charge is 2.13. The number of carbonyl (C=O) groups is 1. The van der Waals surface area contributed by atoms with Gasteiger partial charge >= 0.3 is 0 Å². The molecule has 33 heavy (non-hydrogen) atoms. The second-order valence-corrected chi connectivity index (χ2v) is 8.44. The van der Waals surface area contributed by atoms with Crippen LogP contribution in [0.2, 0.25) is 5.02 Å². The molecule has 0 aliphatic carbocycles. The molecule has 0 radical (unpaired) electrons. The number of amides is 1. The van der Waals surface area contributed by atoms with Crippen molar-refractivity contribution in [3.05, 3.63) is 95.5 Å². The summed E-state index contributed by atoms with van der Waals surface area (Å²) in [6.45, 7) is 4.32. The van der Waals surface area contributed by atoms with Crippen LogP contribution in [-0.2, 0) is 11.2 Å². The highest BCUT2D eigenvalue weighted by Crippen LogP contribution is 2.32. The number of nitrogens with one attached hydrogen (secondary N) is 1. The Morgan fingerprint density at radius 1 is 1.06 bits per heavy atom. The van der Waals surface area contributed by atoms with Gasteiger partial charge in [-0.3, -0.25) is 4.79 Å². The zero-order valence-electron chi connectivity index (χ0n) is 18.5. The zero-order chi connectivity index (χ0) is 23.2. The smallest absolute Gasteiger partial charge is 0.224 e. The van der Waals surface area contributed by atoms with Crippen molar-refractivity contribution < 1.29 is 13.9 Å². The third-order valence-corrected chi connectivity index (χ3v) is 5.40.